The van der Waals surface area contributed by atoms with Gasteiger partial charge in [-0.05, 0) is 29.8 Å². The van der Waals surface area contributed by atoms with Gasteiger partial charge in [0.1, 0.15) is 23.7 Å². The molecule has 1 heterocycles. The highest BCUT2D eigenvalue weighted by atomic mass is 16.6. The molecule has 0 amide bonds. The third-order valence-electron chi connectivity index (χ3n) is 4.54. The van der Waals surface area contributed by atoms with Crippen molar-refractivity contribution in [1.82, 2.24) is 0 Å². The van der Waals surface area contributed by atoms with Crippen LogP contribution in [0.4, 0.5) is 11.4 Å². The number of carbonyl (C=O) groups is 2. The Labute approximate surface area is 184 Å². The number of methoxy groups -OCH3 is 2. The van der Waals surface area contributed by atoms with Crippen molar-refractivity contribution in [3.05, 3.63) is 99.9 Å². The molecule has 0 fully saturated rings. The molecule has 0 aliphatic carbocycles. The van der Waals surface area contributed by atoms with Crippen LogP contribution in [-0.4, -0.2) is 31.1 Å². The summed E-state index contributed by atoms with van der Waals surface area (Å²) in [5.41, 5.74) is 0.296. The second kappa shape index (κ2) is 10.1. The van der Waals surface area contributed by atoms with Crippen LogP contribution in [-0.2, 0) is 25.7 Å². The Kier molecular flexibility index (Phi) is 7.02. The molecular weight excluding hydrogens is 416 g/mol. The van der Waals surface area contributed by atoms with Gasteiger partial charge in [-0.25, -0.2) is 9.59 Å². The molecule has 0 radical (unpaired) electrons. The molecule has 0 unspecified atom stereocenters. The molecule has 164 valence electrons. The number of benzene rings is 2. The van der Waals surface area contributed by atoms with Gasteiger partial charge in [-0.2, -0.15) is 0 Å². The Morgan fingerprint density at radius 2 is 1.72 bits per heavy atom. The summed E-state index contributed by atoms with van der Waals surface area (Å²) >= 11 is 0. The fraction of sp³-hybridized carbons (Fsp3) is 0.130. The van der Waals surface area contributed by atoms with Crippen molar-refractivity contribution >= 4 is 23.3 Å². The number of carbonyl (C=O) groups excluding carboxylic acids is 2. The topological polar surface area (TPSA) is 108 Å². The molecule has 9 heteroatoms. The van der Waals surface area contributed by atoms with Gasteiger partial charge in [0, 0.05) is 6.20 Å². The molecule has 0 saturated heterocycles. The second-order valence-corrected chi connectivity index (χ2v) is 6.50. The number of nitro benzene ring substituents is 1. The number of nitrogens with zero attached hydrogens (tertiary/aromatic N) is 2. The van der Waals surface area contributed by atoms with Crippen LogP contribution in [0.15, 0.2) is 84.2 Å². The van der Waals surface area contributed by atoms with E-state index in [1.165, 1.54) is 48.6 Å². The van der Waals surface area contributed by atoms with Gasteiger partial charge in [0.2, 0.25) is 0 Å². The van der Waals surface area contributed by atoms with Crippen molar-refractivity contribution < 1.29 is 28.7 Å². The molecule has 0 bridgehead atoms. The van der Waals surface area contributed by atoms with Gasteiger partial charge in [0.15, 0.2) is 0 Å². The van der Waals surface area contributed by atoms with E-state index in [0.29, 0.717) is 0 Å². The first-order valence-electron chi connectivity index (χ1n) is 9.46. The van der Waals surface area contributed by atoms with Crippen molar-refractivity contribution in [1.29, 1.82) is 0 Å². The first-order chi connectivity index (χ1) is 15.5. The second-order valence-electron chi connectivity index (χ2n) is 6.50. The molecule has 0 spiro atoms. The SMILES string of the molecule is COC(=O)C1=C(C(=O)OC)N(c2ccc(OCc3ccccc3)cc2[N+](=O)[O-])C=CC=C1. The smallest absolute Gasteiger partial charge is 0.355 e. The van der Waals surface area contributed by atoms with Crippen molar-refractivity contribution in [2.24, 2.45) is 0 Å². The number of hydrogen-bond acceptors (Lipinski definition) is 8. The first-order valence-corrected chi connectivity index (χ1v) is 9.46. The summed E-state index contributed by atoms with van der Waals surface area (Å²) in [6.07, 6.45) is 5.84. The number of nitro groups is 1. The number of allylic oxidation sites excluding steroid dienone is 2. The number of ether oxygens (including phenoxy) is 3. The zero-order valence-corrected chi connectivity index (χ0v) is 17.4. The summed E-state index contributed by atoms with van der Waals surface area (Å²) in [4.78, 5) is 37.3. The van der Waals surface area contributed by atoms with Crippen LogP contribution in [0.25, 0.3) is 0 Å². The monoisotopic (exact) mass is 436 g/mol. The molecule has 9 nitrogen and oxygen atoms in total. The fourth-order valence-electron chi connectivity index (χ4n) is 3.04. The standard InChI is InChI=1S/C23H20N2O7/c1-30-22(26)18-10-6-7-13-24(21(18)23(27)31-2)19-12-11-17(14-20(19)25(28)29)32-15-16-8-4-3-5-9-16/h3-14H,15H2,1-2H3. The summed E-state index contributed by atoms with van der Waals surface area (Å²) in [5, 5.41) is 11.9. The van der Waals surface area contributed by atoms with Gasteiger partial charge in [-0.1, -0.05) is 36.4 Å². The van der Waals surface area contributed by atoms with E-state index in [-0.39, 0.29) is 35.0 Å². The van der Waals surface area contributed by atoms with Gasteiger partial charge < -0.3 is 19.1 Å². The average Bonchev–Trinajstić information content (AvgIpc) is 3.05. The molecule has 3 rings (SSSR count). The predicted molar refractivity (Wildman–Crippen MR) is 116 cm³/mol. The summed E-state index contributed by atoms with van der Waals surface area (Å²) in [5.74, 6) is -1.38. The van der Waals surface area contributed by atoms with Gasteiger partial charge in [0.05, 0.1) is 30.8 Å². The van der Waals surface area contributed by atoms with E-state index in [4.69, 9.17) is 14.2 Å². The largest absolute Gasteiger partial charge is 0.489 e. The molecule has 0 N–H and O–H groups in total. The van der Waals surface area contributed by atoms with Crippen LogP contribution in [0, 0.1) is 10.1 Å². The molecular formula is C23H20N2O7. The van der Waals surface area contributed by atoms with E-state index in [2.05, 4.69) is 0 Å². The zero-order chi connectivity index (χ0) is 23.1. The van der Waals surface area contributed by atoms with Crippen LogP contribution in [0.1, 0.15) is 5.56 Å². The summed E-state index contributed by atoms with van der Waals surface area (Å²) in [7, 11) is 2.32. The summed E-state index contributed by atoms with van der Waals surface area (Å²) in [6.45, 7) is 0.227. The number of esters is 2. The minimum atomic E-state index is -0.861. The average molecular weight is 436 g/mol. The predicted octanol–water partition coefficient (Wildman–Crippen LogP) is 3.66. The molecule has 0 saturated carbocycles. The third kappa shape index (κ3) is 4.84. The summed E-state index contributed by atoms with van der Waals surface area (Å²) < 4.78 is 15.3. The number of hydrogen-bond donors (Lipinski definition) is 0. The van der Waals surface area contributed by atoms with Crippen molar-refractivity contribution in [3.8, 4) is 5.75 Å². The lowest BCUT2D eigenvalue weighted by Gasteiger charge is -2.23. The lowest BCUT2D eigenvalue weighted by atomic mass is 10.1. The normalized spacial score (nSPS) is 12.9. The highest BCUT2D eigenvalue weighted by molar-refractivity contribution is 6.05. The first kappa shape index (κ1) is 22.3. The lowest BCUT2D eigenvalue weighted by Crippen LogP contribution is -2.27. The van der Waals surface area contributed by atoms with E-state index < -0.39 is 16.9 Å². The minimum Gasteiger partial charge on any atom is -0.489 e. The van der Waals surface area contributed by atoms with Gasteiger partial charge in [0.25, 0.3) is 5.69 Å². The Morgan fingerprint density at radius 1 is 1.00 bits per heavy atom. The zero-order valence-electron chi connectivity index (χ0n) is 17.4. The Morgan fingerprint density at radius 3 is 2.38 bits per heavy atom. The molecule has 2 aromatic carbocycles. The van der Waals surface area contributed by atoms with Crippen LogP contribution < -0.4 is 9.64 Å². The number of anilines is 1. The van der Waals surface area contributed by atoms with Gasteiger partial charge >= 0.3 is 11.9 Å². The summed E-state index contributed by atoms with van der Waals surface area (Å²) in [6, 6.07) is 13.6. The molecule has 0 atom stereocenters. The highest BCUT2D eigenvalue weighted by Crippen LogP contribution is 2.36. The van der Waals surface area contributed by atoms with Crippen molar-refractivity contribution in [3.63, 3.8) is 0 Å². The third-order valence-corrected chi connectivity index (χ3v) is 4.54. The van der Waals surface area contributed by atoms with E-state index in [1.807, 2.05) is 30.3 Å². The minimum absolute atomic E-state index is 0.0452. The number of rotatable bonds is 7. The molecule has 1 aliphatic rings. The van der Waals surface area contributed by atoms with E-state index >= 15 is 0 Å². The van der Waals surface area contributed by atoms with Gasteiger partial charge in [-0.15, -0.1) is 0 Å². The van der Waals surface area contributed by atoms with E-state index in [0.717, 1.165) is 12.7 Å². The van der Waals surface area contributed by atoms with Crippen molar-refractivity contribution in [2.45, 2.75) is 6.61 Å². The van der Waals surface area contributed by atoms with Crippen LogP contribution in [0.5, 0.6) is 5.75 Å². The Balaban J connectivity index is 2.04. The lowest BCUT2D eigenvalue weighted by molar-refractivity contribution is -0.384. The van der Waals surface area contributed by atoms with Crippen LogP contribution in [0.2, 0.25) is 0 Å². The Bertz CT molecular complexity index is 1120. The maximum Gasteiger partial charge on any atom is 0.355 e. The van der Waals surface area contributed by atoms with E-state index in [1.54, 1.807) is 6.07 Å². The quantitative estimate of drug-likeness (QED) is 0.368. The van der Waals surface area contributed by atoms with Crippen LogP contribution >= 0.6 is 0 Å². The fourth-order valence-corrected chi connectivity index (χ4v) is 3.04. The van der Waals surface area contributed by atoms with Gasteiger partial charge in [-0.3, -0.25) is 10.1 Å². The highest BCUT2D eigenvalue weighted by Gasteiger charge is 2.31. The van der Waals surface area contributed by atoms with Crippen molar-refractivity contribution in [2.75, 3.05) is 19.1 Å². The molecule has 1 aliphatic heterocycles. The molecule has 0 aromatic heterocycles. The molecule has 32 heavy (non-hydrogen) atoms. The van der Waals surface area contributed by atoms with Crippen LogP contribution in [0.3, 0.4) is 0 Å². The molecule has 2 aromatic rings. The maximum atomic E-state index is 12.5. The Hall–Kier alpha value is -4.40. The maximum absolute atomic E-state index is 12.5. The van der Waals surface area contributed by atoms with E-state index in [9.17, 15) is 19.7 Å².